The van der Waals surface area contributed by atoms with Gasteiger partial charge in [-0.2, -0.15) is 5.10 Å². The molecule has 1 N–H and O–H groups in total. The Morgan fingerprint density at radius 2 is 2.21 bits per heavy atom. The van der Waals surface area contributed by atoms with Crippen molar-refractivity contribution in [2.45, 2.75) is 38.8 Å². The quantitative estimate of drug-likeness (QED) is 0.914. The third kappa shape index (κ3) is 3.33. The first kappa shape index (κ1) is 14.0. The number of rotatable bonds is 5. The smallest absolute Gasteiger partial charge is 0.0861 e. The number of pyridine rings is 1. The fraction of sp³-hybridized carbons (Fsp3) is 0.429. The summed E-state index contributed by atoms with van der Waals surface area (Å²) in [7, 11) is 0. The minimum absolute atomic E-state index is 0.371. The Morgan fingerprint density at radius 1 is 1.42 bits per heavy atom. The average Bonchev–Trinajstić information content (AvgIpc) is 2.86. The fourth-order valence-electron chi connectivity index (χ4n) is 1.88. The zero-order valence-corrected chi connectivity index (χ0v) is 11.9. The first-order valence-corrected chi connectivity index (χ1v) is 6.81. The van der Waals surface area contributed by atoms with Crippen molar-refractivity contribution in [1.29, 1.82) is 0 Å². The number of hydrogen-bond acceptors (Lipinski definition) is 3. The maximum absolute atomic E-state index is 10.2. The molecular formula is C14H18ClN3O. The van der Waals surface area contributed by atoms with Crippen LogP contribution in [-0.2, 0) is 6.42 Å². The van der Waals surface area contributed by atoms with Crippen molar-refractivity contribution in [1.82, 2.24) is 14.8 Å². The molecule has 0 saturated heterocycles. The van der Waals surface area contributed by atoms with E-state index in [0.717, 1.165) is 12.1 Å². The standard InChI is InChI=1S/C14H18ClN3O/c1-3-10(2)18-7-5-11(17-18)8-14(19)12-4-6-16-9-13(12)15/h4-7,9-10,14,19H,3,8H2,1-2H3. The van der Waals surface area contributed by atoms with Crippen LogP contribution in [0.25, 0.3) is 0 Å². The van der Waals surface area contributed by atoms with Gasteiger partial charge in [0.25, 0.3) is 0 Å². The van der Waals surface area contributed by atoms with Gasteiger partial charge >= 0.3 is 0 Å². The second-order valence-corrected chi connectivity index (χ2v) is 5.07. The summed E-state index contributed by atoms with van der Waals surface area (Å²) in [5.74, 6) is 0. The zero-order chi connectivity index (χ0) is 13.8. The highest BCUT2D eigenvalue weighted by atomic mass is 35.5. The van der Waals surface area contributed by atoms with E-state index >= 15 is 0 Å². The van der Waals surface area contributed by atoms with E-state index in [4.69, 9.17) is 11.6 Å². The molecule has 0 aromatic carbocycles. The molecule has 102 valence electrons. The first-order chi connectivity index (χ1) is 9.11. The highest BCUT2D eigenvalue weighted by Gasteiger charge is 2.14. The first-order valence-electron chi connectivity index (χ1n) is 6.43. The summed E-state index contributed by atoms with van der Waals surface area (Å²) in [6.45, 7) is 4.24. The van der Waals surface area contributed by atoms with E-state index in [-0.39, 0.29) is 0 Å². The lowest BCUT2D eigenvalue weighted by Gasteiger charge is -2.11. The van der Waals surface area contributed by atoms with Crippen LogP contribution in [0, 0.1) is 0 Å². The second kappa shape index (κ2) is 6.17. The fourth-order valence-corrected chi connectivity index (χ4v) is 2.13. The lowest BCUT2D eigenvalue weighted by Crippen LogP contribution is -2.07. The van der Waals surface area contributed by atoms with Gasteiger partial charge in [-0.25, -0.2) is 0 Å². The largest absolute Gasteiger partial charge is 0.388 e. The minimum Gasteiger partial charge on any atom is -0.388 e. The third-order valence-corrected chi connectivity index (χ3v) is 3.59. The summed E-state index contributed by atoms with van der Waals surface area (Å²) < 4.78 is 1.93. The van der Waals surface area contributed by atoms with Gasteiger partial charge in [0, 0.05) is 36.6 Å². The topological polar surface area (TPSA) is 50.9 Å². The summed E-state index contributed by atoms with van der Waals surface area (Å²) in [5.41, 5.74) is 1.55. The van der Waals surface area contributed by atoms with Crippen LogP contribution in [0.5, 0.6) is 0 Å². The van der Waals surface area contributed by atoms with Gasteiger partial charge in [0.15, 0.2) is 0 Å². The van der Waals surface area contributed by atoms with E-state index < -0.39 is 6.10 Å². The molecule has 2 heterocycles. The van der Waals surface area contributed by atoms with Crippen molar-refractivity contribution in [2.24, 2.45) is 0 Å². The molecule has 19 heavy (non-hydrogen) atoms. The lowest BCUT2D eigenvalue weighted by molar-refractivity contribution is 0.177. The molecule has 0 amide bonds. The van der Waals surface area contributed by atoms with Crippen LogP contribution in [0.1, 0.15) is 43.7 Å². The van der Waals surface area contributed by atoms with Crippen LogP contribution in [0.3, 0.4) is 0 Å². The van der Waals surface area contributed by atoms with Crippen LogP contribution in [0.4, 0.5) is 0 Å². The van der Waals surface area contributed by atoms with Gasteiger partial charge in [-0.1, -0.05) is 18.5 Å². The zero-order valence-electron chi connectivity index (χ0n) is 11.1. The van der Waals surface area contributed by atoms with E-state index in [1.807, 2.05) is 16.9 Å². The Morgan fingerprint density at radius 3 is 2.89 bits per heavy atom. The summed E-state index contributed by atoms with van der Waals surface area (Å²) >= 11 is 6.02. The lowest BCUT2D eigenvalue weighted by atomic mass is 10.1. The molecule has 0 radical (unpaired) electrons. The van der Waals surface area contributed by atoms with E-state index in [0.29, 0.717) is 23.0 Å². The van der Waals surface area contributed by atoms with Gasteiger partial charge in [-0.05, 0) is 25.5 Å². The van der Waals surface area contributed by atoms with Gasteiger partial charge in [-0.3, -0.25) is 9.67 Å². The highest BCUT2D eigenvalue weighted by Crippen LogP contribution is 2.24. The predicted molar refractivity (Wildman–Crippen MR) is 75.1 cm³/mol. The van der Waals surface area contributed by atoms with Crippen LogP contribution in [0.15, 0.2) is 30.7 Å². The molecule has 2 aromatic heterocycles. The van der Waals surface area contributed by atoms with E-state index in [1.165, 1.54) is 6.20 Å². The average molecular weight is 280 g/mol. The molecule has 2 aromatic rings. The molecule has 0 aliphatic carbocycles. The third-order valence-electron chi connectivity index (χ3n) is 3.27. The van der Waals surface area contributed by atoms with Gasteiger partial charge in [-0.15, -0.1) is 0 Å². The number of nitrogens with zero attached hydrogens (tertiary/aromatic N) is 3. The van der Waals surface area contributed by atoms with Crippen molar-refractivity contribution < 1.29 is 5.11 Å². The summed E-state index contributed by atoms with van der Waals surface area (Å²) in [6, 6.07) is 4.04. The molecule has 2 atom stereocenters. The SMILES string of the molecule is CCC(C)n1ccc(CC(O)c2ccncc2Cl)n1. The Bertz CT molecular complexity index is 541. The molecule has 0 aliphatic heterocycles. The van der Waals surface area contributed by atoms with Gasteiger partial charge < -0.3 is 5.11 Å². The monoisotopic (exact) mass is 279 g/mol. The summed E-state index contributed by atoms with van der Waals surface area (Å²) in [5, 5.41) is 15.2. The van der Waals surface area contributed by atoms with E-state index in [9.17, 15) is 5.11 Å². The van der Waals surface area contributed by atoms with Crippen molar-refractivity contribution in [3.05, 3.63) is 47.0 Å². The molecule has 2 rings (SSSR count). The Kier molecular flexibility index (Phi) is 4.56. The van der Waals surface area contributed by atoms with Crippen molar-refractivity contribution in [2.75, 3.05) is 0 Å². The minimum atomic E-state index is -0.657. The number of aromatic nitrogens is 3. The number of aliphatic hydroxyl groups excluding tert-OH is 1. The Hall–Kier alpha value is -1.39. The second-order valence-electron chi connectivity index (χ2n) is 4.66. The van der Waals surface area contributed by atoms with Crippen LogP contribution in [0.2, 0.25) is 5.02 Å². The molecule has 2 unspecified atom stereocenters. The van der Waals surface area contributed by atoms with Crippen molar-refractivity contribution in [3.63, 3.8) is 0 Å². The van der Waals surface area contributed by atoms with E-state index in [1.54, 1.807) is 12.3 Å². The molecular weight excluding hydrogens is 262 g/mol. The molecule has 0 spiro atoms. The molecule has 0 bridgehead atoms. The molecule has 0 aliphatic rings. The predicted octanol–water partition coefficient (Wildman–Crippen LogP) is 3.18. The van der Waals surface area contributed by atoms with Gasteiger partial charge in [0.2, 0.25) is 0 Å². The molecule has 4 nitrogen and oxygen atoms in total. The normalized spacial score (nSPS) is 14.3. The number of hydrogen-bond donors (Lipinski definition) is 1. The van der Waals surface area contributed by atoms with Crippen LogP contribution in [-0.4, -0.2) is 19.9 Å². The highest BCUT2D eigenvalue weighted by molar-refractivity contribution is 6.31. The van der Waals surface area contributed by atoms with Gasteiger partial charge in [0.1, 0.15) is 0 Å². The Labute approximate surface area is 118 Å². The maximum Gasteiger partial charge on any atom is 0.0861 e. The van der Waals surface area contributed by atoms with Crippen LogP contribution < -0.4 is 0 Å². The summed E-state index contributed by atoms with van der Waals surface area (Å²) in [6.07, 6.45) is 5.94. The number of halogens is 1. The Balaban J connectivity index is 2.09. The molecule has 0 saturated carbocycles. The molecule has 5 heteroatoms. The van der Waals surface area contributed by atoms with Crippen molar-refractivity contribution in [3.8, 4) is 0 Å². The number of aliphatic hydroxyl groups is 1. The molecule has 0 fully saturated rings. The maximum atomic E-state index is 10.2. The summed E-state index contributed by atoms with van der Waals surface area (Å²) in [4.78, 5) is 3.91. The van der Waals surface area contributed by atoms with Gasteiger partial charge in [0.05, 0.1) is 16.8 Å². The van der Waals surface area contributed by atoms with Crippen LogP contribution >= 0.6 is 11.6 Å². The van der Waals surface area contributed by atoms with E-state index in [2.05, 4.69) is 23.9 Å². The van der Waals surface area contributed by atoms with Crippen molar-refractivity contribution >= 4 is 11.6 Å².